The molecule has 3 rings (SSSR count). The van der Waals surface area contributed by atoms with Gasteiger partial charge in [-0.3, -0.25) is 4.79 Å². The second-order valence-corrected chi connectivity index (χ2v) is 7.22. The Morgan fingerprint density at radius 3 is 2.41 bits per heavy atom. The largest absolute Gasteiger partial charge is 0.352 e. The summed E-state index contributed by atoms with van der Waals surface area (Å²) in [6.07, 6.45) is 7.68. The number of aromatic nitrogens is 2. The van der Waals surface area contributed by atoms with Crippen LogP contribution in [-0.4, -0.2) is 75.0 Å². The fraction of sp³-hybridized carbons (Fsp3) is 0.450. The number of thiocarbonyl (C=S) groups is 1. The summed E-state index contributed by atoms with van der Waals surface area (Å²) in [5.41, 5.74) is 1.71. The van der Waals surface area contributed by atoms with Gasteiger partial charge in [0.15, 0.2) is 5.11 Å². The predicted molar refractivity (Wildman–Crippen MR) is 111 cm³/mol. The number of amides is 1. The predicted octanol–water partition coefficient (Wildman–Crippen LogP) is 2.65. The summed E-state index contributed by atoms with van der Waals surface area (Å²) in [5, 5.41) is 0.889. The number of benzene rings is 1. The first-order valence-electron chi connectivity index (χ1n) is 9.48. The van der Waals surface area contributed by atoms with Crippen molar-refractivity contribution in [2.75, 3.05) is 39.8 Å². The van der Waals surface area contributed by atoms with Crippen LogP contribution in [-0.2, 0) is 0 Å². The molecule has 6 nitrogen and oxygen atoms in total. The first-order valence-corrected chi connectivity index (χ1v) is 9.88. The Labute approximate surface area is 166 Å². The van der Waals surface area contributed by atoms with E-state index in [1.807, 2.05) is 39.9 Å². The highest BCUT2D eigenvalue weighted by Gasteiger charge is 2.24. The summed E-state index contributed by atoms with van der Waals surface area (Å²) in [7, 11) is 2.05. The molecule has 0 saturated carbocycles. The summed E-state index contributed by atoms with van der Waals surface area (Å²) in [6, 6.07) is 7.66. The van der Waals surface area contributed by atoms with Crippen LogP contribution in [0.1, 0.15) is 30.1 Å². The second-order valence-electron chi connectivity index (χ2n) is 6.85. The zero-order valence-electron chi connectivity index (χ0n) is 16.0. The maximum atomic E-state index is 12.8. The van der Waals surface area contributed by atoms with Crippen LogP contribution in [0, 0.1) is 0 Å². The Bertz CT molecular complexity index is 751. The summed E-state index contributed by atoms with van der Waals surface area (Å²) in [4.78, 5) is 23.1. The molecule has 1 aliphatic rings. The zero-order valence-corrected chi connectivity index (χ0v) is 16.9. The Morgan fingerprint density at radius 2 is 1.81 bits per heavy atom. The number of piperazine rings is 1. The minimum absolute atomic E-state index is 0.0806. The van der Waals surface area contributed by atoms with E-state index in [1.165, 1.54) is 0 Å². The molecule has 0 unspecified atom stereocenters. The monoisotopic (exact) mass is 385 g/mol. The number of carbonyl (C=O) groups excluding carboxylic acids is 1. The maximum Gasteiger partial charge on any atom is 0.253 e. The molecule has 0 bridgehead atoms. The maximum absolute atomic E-state index is 12.8. The zero-order chi connectivity index (χ0) is 19.2. The first kappa shape index (κ1) is 19.4. The van der Waals surface area contributed by atoms with Crippen molar-refractivity contribution in [1.82, 2.24) is 24.3 Å². The third-order valence-corrected chi connectivity index (χ3v) is 5.50. The minimum atomic E-state index is 0.0806. The smallest absolute Gasteiger partial charge is 0.253 e. The van der Waals surface area contributed by atoms with Crippen molar-refractivity contribution in [3.8, 4) is 5.69 Å². The lowest BCUT2D eigenvalue weighted by molar-refractivity contribution is 0.0687. The van der Waals surface area contributed by atoms with Crippen molar-refractivity contribution < 1.29 is 4.79 Å². The van der Waals surface area contributed by atoms with Gasteiger partial charge >= 0.3 is 0 Å². The van der Waals surface area contributed by atoms with Gasteiger partial charge in [0.25, 0.3) is 5.91 Å². The number of rotatable bonds is 5. The van der Waals surface area contributed by atoms with Gasteiger partial charge in [0.05, 0.1) is 6.33 Å². The highest BCUT2D eigenvalue weighted by molar-refractivity contribution is 7.80. The van der Waals surface area contributed by atoms with Gasteiger partial charge in [-0.2, -0.15) is 0 Å². The van der Waals surface area contributed by atoms with Crippen LogP contribution in [0.15, 0.2) is 43.0 Å². The van der Waals surface area contributed by atoms with Crippen LogP contribution in [0.5, 0.6) is 0 Å². The number of hydrogen-bond acceptors (Lipinski definition) is 3. The normalized spacial score (nSPS) is 14.3. The van der Waals surface area contributed by atoms with E-state index in [1.54, 1.807) is 12.5 Å². The minimum Gasteiger partial charge on any atom is -0.352 e. The van der Waals surface area contributed by atoms with Crippen molar-refractivity contribution >= 4 is 23.2 Å². The van der Waals surface area contributed by atoms with Crippen molar-refractivity contribution in [2.45, 2.75) is 19.8 Å². The Hall–Kier alpha value is -2.41. The molecule has 0 spiro atoms. The van der Waals surface area contributed by atoms with Crippen molar-refractivity contribution in [3.63, 3.8) is 0 Å². The molecule has 0 radical (unpaired) electrons. The number of hydrogen-bond donors (Lipinski definition) is 0. The summed E-state index contributed by atoms with van der Waals surface area (Å²) < 4.78 is 1.92. The molecule has 1 saturated heterocycles. The van der Waals surface area contributed by atoms with E-state index in [4.69, 9.17) is 12.2 Å². The molecule has 144 valence electrons. The highest BCUT2D eigenvalue weighted by Crippen LogP contribution is 2.14. The average molecular weight is 386 g/mol. The van der Waals surface area contributed by atoms with Gasteiger partial charge in [0, 0.05) is 63.4 Å². The molecule has 1 aromatic carbocycles. The molecule has 2 aromatic rings. The molecule has 0 atom stereocenters. The van der Waals surface area contributed by atoms with Crippen LogP contribution in [0.4, 0.5) is 0 Å². The molecule has 7 heteroatoms. The standard InChI is InChI=1S/C20H27N5OS/c1-3-4-10-22(2)20(27)24-14-12-23(13-15-24)19(26)17-5-7-18(8-6-17)25-11-9-21-16-25/h5-9,11,16H,3-4,10,12-15H2,1-2H3. The van der Waals surface area contributed by atoms with E-state index < -0.39 is 0 Å². The molecule has 1 amide bonds. The van der Waals surface area contributed by atoms with Crippen molar-refractivity contribution in [3.05, 3.63) is 48.5 Å². The lowest BCUT2D eigenvalue weighted by Gasteiger charge is -2.38. The molecule has 0 N–H and O–H groups in total. The SMILES string of the molecule is CCCCN(C)C(=S)N1CCN(C(=O)c2ccc(-n3ccnc3)cc2)CC1. The molecule has 27 heavy (non-hydrogen) atoms. The Kier molecular flexibility index (Phi) is 6.45. The van der Waals surface area contributed by atoms with E-state index in [0.29, 0.717) is 13.1 Å². The Morgan fingerprint density at radius 1 is 1.15 bits per heavy atom. The van der Waals surface area contributed by atoms with Crippen LogP contribution in [0.3, 0.4) is 0 Å². The lowest BCUT2D eigenvalue weighted by Crippen LogP contribution is -2.53. The third kappa shape index (κ3) is 4.66. The average Bonchev–Trinajstić information content (AvgIpc) is 3.26. The van der Waals surface area contributed by atoms with Gasteiger partial charge in [-0.05, 0) is 42.9 Å². The third-order valence-electron chi connectivity index (χ3n) is 4.93. The highest BCUT2D eigenvalue weighted by atomic mass is 32.1. The summed E-state index contributed by atoms with van der Waals surface area (Å²) in [5.74, 6) is 0.0806. The van der Waals surface area contributed by atoms with Gasteiger partial charge in [0.1, 0.15) is 0 Å². The van der Waals surface area contributed by atoms with Gasteiger partial charge in [0.2, 0.25) is 0 Å². The van der Waals surface area contributed by atoms with E-state index in [9.17, 15) is 4.79 Å². The van der Waals surface area contributed by atoms with Gasteiger partial charge in [-0.15, -0.1) is 0 Å². The van der Waals surface area contributed by atoms with E-state index in [0.717, 1.165) is 48.8 Å². The van der Waals surface area contributed by atoms with Crippen LogP contribution >= 0.6 is 12.2 Å². The fourth-order valence-corrected chi connectivity index (χ4v) is 3.48. The molecule has 2 heterocycles. The van der Waals surface area contributed by atoms with Crippen LogP contribution in [0.2, 0.25) is 0 Å². The second kappa shape index (κ2) is 8.99. The topological polar surface area (TPSA) is 44.6 Å². The fourth-order valence-electron chi connectivity index (χ4n) is 3.20. The van der Waals surface area contributed by atoms with Crippen LogP contribution in [0.25, 0.3) is 5.69 Å². The van der Waals surface area contributed by atoms with Gasteiger partial charge in [-0.25, -0.2) is 4.98 Å². The number of imidazole rings is 1. The molecular weight excluding hydrogens is 358 g/mol. The quantitative estimate of drug-likeness (QED) is 0.741. The first-order chi connectivity index (χ1) is 13.1. The molecule has 1 aromatic heterocycles. The van der Waals surface area contributed by atoms with E-state index in [2.05, 4.69) is 28.8 Å². The molecule has 1 aliphatic heterocycles. The van der Waals surface area contributed by atoms with E-state index >= 15 is 0 Å². The Balaban J connectivity index is 1.54. The van der Waals surface area contributed by atoms with Crippen LogP contribution < -0.4 is 0 Å². The molecular formula is C20H27N5OS. The van der Waals surface area contributed by atoms with Gasteiger partial charge in [-0.1, -0.05) is 13.3 Å². The summed E-state index contributed by atoms with van der Waals surface area (Å²) >= 11 is 5.60. The van der Waals surface area contributed by atoms with Gasteiger partial charge < -0.3 is 19.3 Å². The van der Waals surface area contributed by atoms with Crippen molar-refractivity contribution in [1.29, 1.82) is 0 Å². The molecule has 0 aliphatic carbocycles. The number of nitrogens with zero attached hydrogens (tertiary/aromatic N) is 5. The molecule has 1 fully saturated rings. The lowest BCUT2D eigenvalue weighted by atomic mass is 10.1. The van der Waals surface area contributed by atoms with Crippen molar-refractivity contribution in [2.24, 2.45) is 0 Å². The number of unbranched alkanes of at least 4 members (excludes halogenated alkanes) is 1. The number of carbonyl (C=O) groups is 1. The summed E-state index contributed by atoms with van der Waals surface area (Å²) in [6.45, 7) is 6.14. The van der Waals surface area contributed by atoms with E-state index in [-0.39, 0.29) is 5.91 Å².